The molecule has 1 atom stereocenters. The summed E-state index contributed by atoms with van der Waals surface area (Å²) in [4.78, 5) is 40.2. The number of fused-ring (bicyclic) bond motifs is 1. The Morgan fingerprint density at radius 1 is 1.09 bits per heavy atom. The molecule has 1 saturated heterocycles. The van der Waals surface area contributed by atoms with Gasteiger partial charge in [0, 0.05) is 44.7 Å². The number of amides is 2. The summed E-state index contributed by atoms with van der Waals surface area (Å²) in [6.07, 6.45) is 0.886. The Morgan fingerprint density at radius 2 is 1.78 bits per heavy atom. The first kappa shape index (κ1) is 22.0. The van der Waals surface area contributed by atoms with E-state index in [1.54, 1.807) is 6.92 Å². The molecule has 1 unspecified atom stereocenters. The van der Waals surface area contributed by atoms with Crippen molar-refractivity contribution < 1.29 is 9.59 Å². The van der Waals surface area contributed by atoms with Crippen LogP contribution in [0.3, 0.4) is 0 Å². The number of nitrogens with zero attached hydrogens (tertiary/aromatic N) is 5. The Labute approximate surface area is 189 Å². The first-order valence-corrected chi connectivity index (χ1v) is 11.4. The summed E-state index contributed by atoms with van der Waals surface area (Å²) in [6.45, 7) is 10.8. The maximum absolute atomic E-state index is 13.1. The molecule has 1 aromatic heterocycles. The number of hydrogen-bond acceptors (Lipinski definition) is 6. The van der Waals surface area contributed by atoms with Gasteiger partial charge in [-0.3, -0.25) is 9.59 Å². The summed E-state index contributed by atoms with van der Waals surface area (Å²) in [5.74, 6) is 1.32. The zero-order valence-corrected chi connectivity index (χ0v) is 19.3. The Hall–Kier alpha value is -3.16. The predicted molar refractivity (Wildman–Crippen MR) is 125 cm³/mol. The van der Waals surface area contributed by atoms with Crippen molar-refractivity contribution in [3.05, 3.63) is 47.2 Å². The molecule has 32 heavy (non-hydrogen) atoms. The van der Waals surface area contributed by atoms with Gasteiger partial charge in [0.2, 0.25) is 11.9 Å². The van der Waals surface area contributed by atoms with Gasteiger partial charge in [-0.2, -0.15) is 4.98 Å². The predicted octanol–water partition coefficient (Wildman–Crippen LogP) is 3.07. The lowest BCUT2D eigenvalue weighted by Gasteiger charge is -2.34. The highest BCUT2D eigenvalue weighted by molar-refractivity contribution is 5.98. The van der Waals surface area contributed by atoms with Crippen molar-refractivity contribution in [3.63, 3.8) is 0 Å². The molecule has 2 aromatic rings. The molecule has 4 rings (SSSR count). The van der Waals surface area contributed by atoms with Crippen LogP contribution >= 0.6 is 0 Å². The molecule has 8 nitrogen and oxygen atoms in total. The number of piperazine rings is 1. The first-order chi connectivity index (χ1) is 15.4. The van der Waals surface area contributed by atoms with Gasteiger partial charge in [0.05, 0.1) is 12.6 Å². The van der Waals surface area contributed by atoms with Crippen LogP contribution in [-0.4, -0.2) is 63.8 Å². The molecule has 0 bridgehead atoms. The molecule has 2 amide bonds. The SMILES string of the molecule is CCC(Nc1nc(N2CCN(C(C)=O)CC2)nc2c1CN(C(C)C)C2=O)c1ccccc1. The van der Waals surface area contributed by atoms with Gasteiger partial charge in [-0.25, -0.2) is 4.98 Å². The van der Waals surface area contributed by atoms with E-state index in [4.69, 9.17) is 9.97 Å². The van der Waals surface area contributed by atoms with Crippen molar-refractivity contribution in [2.24, 2.45) is 0 Å². The third-order valence-corrected chi connectivity index (χ3v) is 6.34. The molecule has 1 fully saturated rings. The summed E-state index contributed by atoms with van der Waals surface area (Å²) >= 11 is 0. The number of aromatic nitrogens is 2. The Balaban J connectivity index is 1.68. The average Bonchev–Trinajstić information content (AvgIpc) is 3.15. The van der Waals surface area contributed by atoms with Gasteiger partial charge in [0.25, 0.3) is 5.91 Å². The third kappa shape index (κ3) is 4.26. The normalized spacial score (nSPS) is 17.0. The fourth-order valence-electron chi connectivity index (χ4n) is 4.35. The monoisotopic (exact) mass is 436 g/mol. The number of carbonyl (C=O) groups is 2. The maximum atomic E-state index is 13.1. The third-order valence-electron chi connectivity index (χ3n) is 6.34. The maximum Gasteiger partial charge on any atom is 0.273 e. The number of nitrogens with one attached hydrogen (secondary N) is 1. The van der Waals surface area contributed by atoms with Gasteiger partial charge < -0.3 is 20.0 Å². The zero-order chi connectivity index (χ0) is 22.8. The molecule has 2 aliphatic rings. The standard InChI is InChI=1S/C24H32N6O2/c1-5-20(18-9-7-6-8-10-18)25-22-19-15-30(16(2)3)23(32)21(19)26-24(27-22)29-13-11-28(12-14-29)17(4)31/h6-10,16,20H,5,11-15H2,1-4H3,(H,25,26,27). The van der Waals surface area contributed by atoms with Gasteiger partial charge in [-0.1, -0.05) is 37.3 Å². The van der Waals surface area contributed by atoms with Crippen LogP contribution < -0.4 is 10.2 Å². The lowest BCUT2D eigenvalue weighted by Crippen LogP contribution is -2.48. The highest BCUT2D eigenvalue weighted by atomic mass is 16.2. The summed E-state index contributed by atoms with van der Waals surface area (Å²) in [7, 11) is 0. The van der Waals surface area contributed by atoms with Gasteiger partial charge in [0.15, 0.2) is 0 Å². The minimum atomic E-state index is -0.0446. The second kappa shape index (κ2) is 9.14. The van der Waals surface area contributed by atoms with E-state index in [1.165, 1.54) is 5.56 Å². The van der Waals surface area contributed by atoms with E-state index < -0.39 is 0 Å². The zero-order valence-electron chi connectivity index (χ0n) is 19.3. The van der Waals surface area contributed by atoms with Gasteiger partial charge in [0.1, 0.15) is 11.5 Å². The van der Waals surface area contributed by atoms with E-state index in [2.05, 4.69) is 29.3 Å². The fraction of sp³-hybridized carbons (Fsp3) is 0.500. The molecule has 2 aliphatic heterocycles. The van der Waals surface area contributed by atoms with E-state index in [-0.39, 0.29) is 23.9 Å². The van der Waals surface area contributed by atoms with Crippen molar-refractivity contribution >= 4 is 23.6 Å². The fourth-order valence-corrected chi connectivity index (χ4v) is 4.35. The molecule has 8 heteroatoms. The van der Waals surface area contributed by atoms with E-state index in [0.29, 0.717) is 44.4 Å². The quantitative estimate of drug-likeness (QED) is 0.750. The van der Waals surface area contributed by atoms with Crippen LogP contribution in [0, 0.1) is 0 Å². The van der Waals surface area contributed by atoms with Crippen LogP contribution in [0.25, 0.3) is 0 Å². The molecule has 0 spiro atoms. The summed E-state index contributed by atoms with van der Waals surface area (Å²) in [6, 6.07) is 10.5. The molecule has 1 aromatic carbocycles. The molecule has 0 aliphatic carbocycles. The van der Waals surface area contributed by atoms with E-state index in [0.717, 1.165) is 17.8 Å². The van der Waals surface area contributed by atoms with E-state index >= 15 is 0 Å². The summed E-state index contributed by atoms with van der Waals surface area (Å²) in [5, 5.41) is 3.61. The number of rotatable bonds is 6. The second-order valence-corrected chi connectivity index (χ2v) is 8.74. The molecular weight excluding hydrogens is 404 g/mol. The van der Waals surface area contributed by atoms with Crippen molar-refractivity contribution in [3.8, 4) is 0 Å². The van der Waals surface area contributed by atoms with Gasteiger partial charge in [-0.05, 0) is 25.8 Å². The second-order valence-electron chi connectivity index (χ2n) is 8.74. The highest BCUT2D eigenvalue weighted by Gasteiger charge is 2.35. The summed E-state index contributed by atoms with van der Waals surface area (Å²) in [5.41, 5.74) is 2.54. The van der Waals surface area contributed by atoms with Crippen LogP contribution in [0.4, 0.5) is 11.8 Å². The van der Waals surface area contributed by atoms with Crippen LogP contribution in [0.1, 0.15) is 61.8 Å². The van der Waals surface area contributed by atoms with Crippen molar-refractivity contribution in [2.75, 3.05) is 36.4 Å². The minimum absolute atomic E-state index is 0.0446. The molecule has 0 radical (unpaired) electrons. The van der Waals surface area contributed by atoms with Gasteiger partial charge >= 0.3 is 0 Å². The van der Waals surface area contributed by atoms with Crippen LogP contribution in [0.15, 0.2) is 30.3 Å². The van der Waals surface area contributed by atoms with E-state index in [9.17, 15) is 9.59 Å². The van der Waals surface area contributed by atoms with E-state index in [1.807, 2.05) is 41.8 Å². The molecule has 170 valence electrons. The van der Waals surface area contributed by atoms with Crippen molar-refractivity contribution in [1.29, 1.82) is 0 Å². The Kier molecular flexibility index (Phi) is 6.30. The van der Waals surface area contributed by atoms with Crippen LogP contribution in [-0.2, 0) is 11.3 Å². The Bertz CT molecular complexity index is 985. The first-order valence-electron chi connectivity index (χ1n) is 11.4. The highest BCUT2D eigenvalue weighted by Crippen LogP contribution is 2.33. The lowest BCUT2D eigenvalue weighted by molar-refractivity contribution is -0.129. The van der Waals surface area contributed by atoms with Crippen LogP contribution in [0.2, 0.25) is 0 Å². The molecular formula is C24H32N6O2. The molecule has 3 heterocycles. The van der Waals surface area contributed by atoms with Crippen molar-refractivity contribution in [1.82, 2.24) is 19.8 Å². The summed E-state index contributed by atoms with van der Waals surface area (Å²) < 4.78 is 0. The lowest BCUT2D eigenvalue weighted by atomic mass is 10.0. The minimum Gasteiger partial charge on any atom is -0.363 e. The smallest absolute Gasteiger partial charge is 0.273 e. The molecule has 0 saturated carbocycles. The van der Waals surface area contributed by atoms with Gasteiger partial charge in [-0.15, -0.1) is 0 Å². The topological polar surface area (TPSA) is 81.7 Å². The number of benzene rings is 1. The largest absolute Gasteiger partial charge is 0.363 e. The average molecular weight is 437 g/mol. The van der Waals surface area contributed by atoms with Crippen LogP contribution in [0.5, 0.6) is 0 Å². The molecule has 1 N–H and O–H groups in total. The number of hydrogen-bond donors (Lipinski definition) is 1. The number of anilines is 2. The van der Waals surface area contributed by atoms with Crippen molar-refractivity contribution in [2.45, 2.75) is 52.7 Å². The number of carbonyl (C=O) groups excluding carboxylic acids is 2. The Morgan fingerprint density at radius 3 is 2.38 bits per heavy atom.